The van der Waals surface area contributed by atoms with Crippen LogP contribution in [0.1, 0.15) is 36.6 Å². The first-order valence-electron chi connectivity index (χ1n) is 12.9. The molecule has 0 saturated carbocycles. The van der Waals surface area contributed by atoms with E-state index in [0.717, 1.165) is 16.9 Å². The van der Waals surface area contributed by atoms with Gasteiger partial charge >= 0.3 is 6.18 Å². The number of imidazole rings is 1. The van der Waals surface area contributed by atoms with E-state index in [4.69, 9.17) is 10.7 Å². The van der Waals surface area contributed by atoms with Gasteiger partial charge in [-0.15, -0.1) is 5.10 Å². The van der Waals surface area contributed by atoms with Crippen LogP contribution in [0.5, 0.6) is 0 Å². The number of anilines is 3. The lowest BCUT2D eigenvalue weighted by Crippen LogP contribution is -2.51. The molecule has 4 heterocycles. The van der Waals surface area contributed by atoms with Gasteiger partial charge in [0.2, 0.25) is 11.9 Å². The summed E-state index contributed by atoms with van der Waals surface area (Å²) < 4.78 is 41.7. The minimum atomic E-state index is -4.44. The molecule has 1 aliphatic rings. The number of carbonyl (C=O) groups excluding carboxylic acids is 1. The van der Waals surface area contributed by atoms with Crippen molar-refractivity contribution < 1.29 is 18.0 Å². The molecule has 3 N–H and O–H groups in total. The van der Waals surface area contributed by atoms with Crippen molar-refractivity contribution >= 4 is 29.1 Å². The molecule has 1 fully saturated rings. The number of nitrogens with two attached hydrogens (primary N) is 1. The van der Waals surface area contributed by atoms with Crippen LogP contribution in [0.4, 0.5) is 30.8 Å². The van der Waals surface area contributed by atoms with Gasteiger partial charge in [0.15, 0.2) is 11.5 Å². The van der Waals surface area contributed by atoms with Gasteiger partial charge in [0, 0.05) is 38.8 Å². The largest absolute Gasteiger partial charge is 0.408 e. The number of hydrogen-bond donors (Lipinski definition) is 2. The van der Waals surface area contributed by atoms with E-state index >= 15 is 0 Å². The Labute approximate surface area is 225 Å². The molecule has 0 radical (unpaired) electrons. The number of fused-ring (bicyclic) bond motifs is 1. The summed E-state index contributed by atoms with van der Waals surface area (Å²) in [5.41, 5.74) is 8.79. The first kappa shape index (κ1) is 28.3. The second-order valence-corrected chi connectivity index (χ2v) is 10.1. The number of piperazine rings is 1. The predicted octanol–water partition coefficient (Wildman–Crippen LogP) is 2.35. The summed E-state index contributed by atoms with van der Waals surface area (Å²) in [5.74, 6) is 0.769. The lowest BCUT2D eigenvalue weighted by molar-refractivity contribution is -0.144. The second kappa shape index (κ2) is 11.6. The summed E-state index contributed by atoms with van der Waals surface area (Å²) in [6.07, 6.45) is -0.450. The molecular formula is C25H35F3N10O. The highest BCUT2D eigenvalue weighted by Gasteiger charge is 2.39. The number of halogens is 3. The van der Waals surface area contributed by atoms with Crippen LogP contribution in [-0.4, -0.2) is 99.3 Å². The van der Waals surface area contributed by atoms with Gasteiger partial charge in [-0.05, 0) is 38.6 Å². The topological polar surface area (TPSA) is 121 Å². The van der Waals surface area contributed by atoms with E-state index in [1.165, 1.54) is 4.52 Å². The van der Waals surface area contributed by atoms with Crippen LogP contribution in [0, 0.1) is 6.92 Å². The summed E-state index contributed by atoms with van der Waals surface area (Å²) in [6, 6.07) is 0.245. The predicted molar refractivity (Wildman–Crippen MR) is 143 cm³/mol. The molecule has 0 aromatic carbocycles. The minimum absolute atomic E-state index is 0.0102. The van der Waals surface area contributed by atoms with Crippen molar-refractivity contribution in [1.82, 2.24) is 34.4 Å². The van der Waals surface area contributed by atoms with E-state index in [2.05, 4.69) is 25.3 Å². The number of nitrogens with one attached hydrogen (secondary N) is 1. The molecule has 3 aromatic heterocycles. The van der Waals surface area contributed by atoms with Crippen molar-refractivity contribution in [3.05, 3.63) is 35.3 Å². The third-order valence-electron chi connectivity index (χ3n) is 6.61. The van der Waals surface area contributed by atoms with Crippen molar-refractivity contribution in [2.75, 3.05) is 62.8 Å². The van der Waals surface area contributed by atoms with Crippen LogP contribution < -0.4 is 16.0 Å². The van der Waals surface area contributed by atoms with E-state index in [1.54, 1.807) is 19.3 Å². The lowest BCUT2D eigenvalue weighted by Gasteiger charge is -2.36. The van der Waals surface area contributed by atoms with Gasteiger partial charge in [0.05, 0.1) is 18.4 Å². The number of nitrogen functional groups attached to an aromatic ring is 1. The highest BCUT2D eigenvalue weighted by Crippen LogP contribution is 2.27. The molecule has 11 nitrogen and oxygen atoms in total. The zero-order valence-corrected chi connectivity index (χ0v) is 22.7. The molecule has 0 unspecified atom stereocenters. The summed E-state index contributed by atoms with van der Waals surface area (Å²) in [6.45, 7) is 6.74. The molecule has 1 saturated heterocycles. The zero-order valence-electron chi connectivity index (χ0n) is 22.7. The smallest absolute Gasteiger partial charge is 0.380 e. The number of carbonyl (C=O) groups is 1. The first-order chi connectivity index (χ1) is 18.5. The number of aromatic nitrogens is 5. The zero-order chi connectivity index (χ0) is 28.3. The number of likely N-dealkylation sites (N-methyl/N-ethyl adjacent to an activating group) is 1. The van der Waals surface area contributed by atoms with E-state index in [0.29, 0.717) is 51.3 Å². The molecule has 212 valence electrons. The monoisotopic (exact) mass is 548 g/mol. The van der Waals surface area contributed by atoms with Crippen molar-refractivity contribution in [3.63, 3.8) is 0 Å². The Bertz CT molecular complexity index is 1300. The lowest BCUT2D eigenvalue weighted by atomic mass is 10.1. The summed E-state index contributed by atoms with van der Waals surface area (Å²) in [4.78, 5) is 31.2. The molecule has 0 bridgehead atoms. The average Bonchev–Trinajstić information content (AvgIpc) is 3.26. The molecule has 1 amide bonds. The molecule has 4 rings (SSSR count). The fourth-order valence-electron chi connectivity index (χ4n) is 4.69. The van der Waals surface area contributed by atoms with E-state index in [1.807, 2.05) is 36.9 Å². The number of amides is 1. The van der Waals surface area contributed by atoms with Gasteiger partial charge in [-0.25, -0.2) is 14.5 Å². The Morgan fingerprint density at radius 3 is 2.51 bits per heavy atom. The van der Waals surface area contributed by atoms with E-state index in [-0.39, 0.29) is 29.7 Å². The van der Waals surface area contributed by atoms with Gasteiger partial charge in [0.1, 0.15) is 11.9 Å². The van der Waals surface area contributed by atoms with E-state index in [9.17, 15) is 18.0 Å². The van der Waals surface area contributed by atoms with Crippen LogP contribution in [0.15, 0.2) is 18.5 Å². The van der Waals surface area contributed by atoms with Crippen LogP contribution >= 0.6 is 0 Å². The highest BCUT2D eigenvalue weighted by atomic mass is 19.4. The van der Waals surface area contributed by atoms with Crippen LogP contribution in [0.3, 0.4) is 0 Å². The molecule has 14 heteroatoms. The van der Waals surface area contributed by atoms with Crippen molar-refractivity contribution in [2.24, 2.45) is 0 Å². The summed E-state index contributed by atoms with van der Waals surface area (Å²) >= 11 is 0. The van der Waals surface area contributed by atoms with Gasteiger partial charge in [0.25, 0.3) is 0 Å². The third kappa shape index (κ3) is 6.67. The van der Waals surface area contributed by atoms with Gasteiger partial charge in [-0.3, -0.25) is 4.79 Å². The normalized spacial score (nSPS) is 15.3. The van der Waals surface area contributed by atoms with Crippen LogP contribution in [0.2, 0.25) is 0 Å². The molecule has 3 aromatic rings. The maximum atomic E-state index is 13.4. The Morgan fingerprint density at radius 2 is 1.90 bits per heavy atom. The number of aryl methyl sites for hydroxylation is 1. The summed E-state index contributed by atoms with van der Waals surface area (Å²) in [7, 11) is 3.76. The average molecular weight is 549 g/mol. The number of alkyl halides is 3. The Balaban J connectivity index is 1.48. The SMILES string of the molecule is CCC[C@@H](Nc1nc(N)c2ncc(Cc3cnc(N4CCN(C(=O)CN(C)C)CC4)c(C)c3)n2n1)C(F)(F)F. The van der Waals surface area contributed by atoms with Crippen LogP contribution in [0.25, 0.3) is 5.65 Å². The fraction of sp³-hybridized carbons (Fsp3) is 0.560. The molecule has 0 spiro atoms. The van der Waals surface area contributed by atoms with Gasteiger partial charge in [-0.2, -0.15) is 18.2 Å². The number of pyridine rings is 1. The van der Waals surface area contributed by atoms with Crippen molar-refractivity contribution in [2.45, 2.75) is 45.3 Å². The number of hydrogen-bond acceptors (Lipinski definition) is 9. The maximum absolute atomic E-state index is 13.4. The molecule has 0 aliphatic carbocycles. The van der Waals surface area contributed by atoms with Crippen molar-refractivity contribution in [1.29, 1.82) is 0 Å². The molecule has 1 aliphatic heterocycles. The molecule has 1 atom stereocenters. The van der Waals surface area contributed by atoms with E-state index < -0.39 is 12.2 Å². The molecular weight excluding hydrogens is 513 g/mol. The third-order valence-corrected chi connectivity index (χ3v) is 6.61. The quantitative estimate of drug-likeness (QED) is 0.415. The second-order valence-electron chi connectivity index (χ2n) is 10.1. The highest BCUT2D eigenvalue weighted by molar-refractivity contribution is 5.78. The Morgan fingerprint density at radius 1 is 1.18 bits per heavy atom. The number of nitrogens with zero attached hydrogens (tertiary/aromatic N) is 8. The minimum Gasteiger partial charge on any atom is -0.380 e. The Hall–Kier alpha value is -3.68. The number of rotatable bonds is 9. The van der Waals surface area contributed by atoms with Gasteiger partial charge < -0.3 is 25.8 Å². The Kier molecular flexibility index (Phi) is 8.42. The van der Waals surface area contributed by atoms with Crippen molar-refractivity contribution in [3.8, 4) is 0 Å². The van der Waals surface area contributed by atoms with Gasteiger partial charge in [-0.1, -0.05) is 19.4 Å². The summed E-state index contributed by atoms with van der Waals surface area (Å²) in [5, 5.41) is 6.65. The standard InChI is InChI=1S/C25H35F3N10O/c1-5-6-19(25(26,27)28)32-24-33-21(29)23-31-14-18(38(23)34-24)12-17-11-16(2)22(30-13-17)37-9-7-36(8-10-37)20(39)15-35(3)4/h11,13-14,19H,5-10,12,15H2,1-4H3,(H3,29,32,33,34)/t19-/m1/s1. The fourth-order valence-corrected chi connectivity index (χ4v) is 4.69. The molecule has 39 heavy (non-hydrogen) atoms. The van der Waals surface area contributed by atoms with Crippen LogP contribution in [-0.2, 0) is 11.2 Å². The first-order valence-corrected chi connectivity index (χ1v) is 12.9. The maximum Gasteiger partial charge on any atom is 0.408 e.